The second kappa shape index (κ2) is 11.7. The number of carboxylic acid groups (broad SMARTS) is 2. The Labute approximate surface area is 212 Å². The third-order valence-corrected chi connectivity index (χ3v) is 5.40. The number of imide groups is 2. The number of alkyl halides is 3. The van der Waals surface area contributed by atoms with Gasteiger partial charge in [0.2, 0.25) is 17.7 Å². The summed E-state index contributed by atoms with van der Waals surface area (Å²) in [5, 5.41) is 23.6. The van der Waals surface area contributed by atoms with E-state index in [1.807, 2.05) is 0 Å². The minimum atomic E-state index is -5.08. The van der Waals surface area contributed by atoms with Crippen molar-refractivity contribution in [2.45, 2.75) is 44.9 Å². The van der Waals surface area contributed by atoms with Crippen LogP contribution in [0.15, 0.2) is 18.2 Å². The van der Waals surface area contributed by atoms with Gasteiger partial charge < -0.3 is 20.8 Å². The summed E-state index contributed by atoms with van der Waals surface area (Å²) in [5.41, 5.74) is 0.298. The molecule has 206 valence electrons. The standard InChI is InChI=1S/C20H22N4O7.C2HF3O2/c1-9(2)16(20(30)31)22-14(26)8-21-11-5-3-4-10-15(11)19(29)24(18(10)28)12-6-7-13(25)23-17(12)27;3-2(4,5)1(6)7/h3-5,9,12,16,21H,6-8H2,1-2H3,(H,22,26)(H,30,31)(H,23,25,27);(H,6,7)/t12?,16-;/m1./s1. The van der Waals surface area contributed by atoms with Gasteiger partial charge in [0, 0.05) is 12.1 Å². The Morgan fingerprint density at radius 1 is 1.11 bits per heavy atom. The third kappa shape index (κ3) is 6.83. The summed E-state index contributed by atoms with van der Waals surface area (Å²) in [6.07, 6.45) is -5.04. The van der Waals surface area contributed by atoms with Crippen LogP contribution >= 0.6 is 0 Å². The maximum Gasteiger partial charge on any atom is 0.490 e. The van der Waals surface area contributed by atoms with Crippen LogP contribution in [0.5, 0.6) is 0 Å². The van der Waals surface area contributed by atoms with E-state index in [0.29, 0.717) is 0 Å². The first kappa shape index (κ1) is 29.7. The van der Waals surface area contributed by atoms with E-state index in [-0.39, 0.29) is 42.1 Å². The van der Waals surface area contributed by atoms with Crippen LogP contribution < -0.4 is 16.0 Å². The monoisotopic (exact) mass is 544 g/mol. The lowest BCUT2D eigenvalue weighted by molar-refractivity contribution is -0.192. The zero-order valence-electron chi connectivity index (χ0n) is 19.9. The van der Waals surface area contributed by atoms with Crippen molar-refractivity contribution in [3.63, 3.8) is 0 Å². The molecule has 0 aromatic heterocycles. The molecule has 2 aliphatic heterocycles. The summed E-state index contributed by atoms with van der Waals surface area (Å²) in [5.74, 6) is -7.39. The SMILES string of the molecule is CC(C)[C@@H](NC(=O)CNc1cccc2c1C(=O)N(C1CCC(=O)NC1=O)C2=O)C(=O)O.O=C(O)C(F)(F)F. The van der Waals surface area contributed by atoms with Crippen molar-refractivity contribution in [1.82, 2.24) is 15.5 Å². The van der Waals surface area contributed by atoms with Gasteiger partial charge in [0.1, 0.15) is 12.1 Å². The van der Waals surface area contributed by atoms with E-state index in [0.717, 1.165) is 4.90 Å². The molecule has 5 N–H and O–H groups in total. The fraction of sp³-hybridized carbons (Fsp3) is 0.409. The highest BCUT2D eigenvalue weighted by molar-refractivity contribution is 6.25. The Bertz CT molecular complexity index is 1180. The first-order chi connectivity index (χ1) is 17.6. The number of nitrogens with zero attached hydrogens (tertiary/aromatic N) is 1. The van der Waals surface area contributed by atoms with E-state index in [9.17, 15) is 47.0 Å². The van der Waals surface area contributed by atoms with E-state index < -0.39 is 59.7 Å². The lowest BCUT2D eigenvalue weighted by atomic mass is 10.0. The molecule has 2 atom stereocenters. The van der Waals surface area contributed by atoms with Crippen LogP contribution in [0, 0.1) is 5.92 Å². The molecule has 1 aromatic rings. The number of aliphatic carboxylic acids is 2. The summed E-state index contributed by atoms with van der Waals surface area (Å²) >= 11 is 0. The van der Waals surface area contributed by atoms with Crippen molar-refractivity contribution < 1.29 is 56.9 Å². The van der Waals surface area contributed by atoms with Gasteiger partial charge in [-0.2, -0.15) is 13.2 Å². The number of amides is 5. The zero-order chi connectivity index (χ0) is 28.9. The van der Waals surface area contributed by atoms with Gasteiger partial charge >= 0.3 is 18.1 Å². The van der Waals surface area contributed by atoms with Crippen LogP contribution in [-0.2, 0) is 24.0 Å². The molecule has 1 fully saturated rings. The average molecular weight is 544 g/mol. The van der Waals surface area contributed by atoms with Crippen molar-refractivity contribution >= 4 is 47.2 Å². The van der Waals surface area contributed by atoms with Crippen molar-refractivity contribution in [1.29, 1.82) is 0 Å². The Morgan fingerprint density at radius 3 is 2.21 bits per heavy atom. The molecule has 0 spiro atoms. The highest BCUT2D eigenvalue weighted by Gasteiger charge is 2.45. The third-order valence-electron chi connectivity index (χ3n) is 5.40. The first-order valence-electron chi connectivity index (χ1n) is 11.0. The van der Waals surface area contributed by atoms with Crippen molar-refractivity contribution in [2.75, 3.05) is 11.9 Å². The molecule has 0 bridgehead atoms. The summed E-state index contributed by atoms with van der Waals surface area (Å²) in [7, 11) is 0. The Kier molecular flexibility index (Phi) is 9.15. The van der Waals surface area contributed by atoms with Gasteiger partial charge in [0.25, 0.3) is 11.8 Å². The minimum absolute atomic E-state index is 0.00961. The van der Waals surface area contributed by atoms with Crippen LogP contribution in [0.3, 0.4) is 0 Å². The molecule has 0 aliphatic carbocycles. The van der Waals surface area contributed by atoms with Crippen molar-refractivity contribution in [2.24, 2.45) is 5.92 Å². The molecule has 2 heterocycles. The number of halogens is 3. The van der Waals surface area contributed by atoms with Crippen LogP contribution in [-0.4, -0.2) is 81.4 Å². The molecular formula is C22H23F3N4O9. The molecular weight excluding hydrogens is 521 g/mol. The van der Waals surface area contributed by atoms with Crippen molar-refractivity contribution in [3.8, 4) is 0 Å². The molecule has 38 heavy (non-hydrogen) atoms. The number of carbonyl (C=O) groups excluding carboxylic acids is 5. The number of hydrogen-bond donors (Lipinski definition) is 5. The quantitative estimate of drug-likeness (QED) is 0.299. The van der Waals surface area contributed by atoms with Crippen LogP contribution in [0.4, 0.5) is 18.9 Å². The van der Waals surface area contributed by atoms with E-state index >= 15 is 0 Å². The maximum atomic E-state index is 13.0. The second-order valence-electron chi connectivity index (χ2n) is 8.46. The summed E-state index contributed by atoms with van der Waals surface area (Å²) in [6.45, 7) is 2.99. The number of hydrogen-bond acceptors (Lipinski definition) is 8. The van der Waals surface area contributed by atoms with Crippen LogP contribution in [0.1, 0.15) is 47.4 Å². The molecule has 2 aliphatic rings. The summed E-state index contributed by atoms with van der Waals surface area (Å²) in [4.78, 5) is 82.4. The number of benzene rings is 1. The minimum Gasteiger partial charge on any atom is -0.480 e. The van der Waals surface area contributed by atoms with Gasteiger partial charge in [-0.3, -0.25) is 34.2 Å². The number of fused-ring (bicyclic) bond motifs is 1. The maximum absolute atomic E-state index is 13.0. The topological polar surface area (TPSA) is 199 Å². The van der Waals surface area contributed by atoms with Crippen molar-refractivity contribution in [3.05, 3.63) is 29.3 Å². The number of nitrogens with one attached hydrogen (secondary N) is 3. The average Bonchev–Trinajstić information content (AvgIpc) is 3.06. The van der Waals surface area contributed by atoms with E-state index in [1.54, 1.807) is 13.8 Å². The van der Waals surface area contributed by atoms with Gasteiger partial charge in [0.05, 0.1) is 17.7 Å². The van der Waals surface area contributed by atoms with Crippen LogP contribution in [0.2, 0.25) is 0 Å². The molecule has 16 heteroatoms. The van der Waals surface area contributed by atoms with E-state index in [2.05, 4.69) is 16.0 Å². The molecule has 1 saturated heterocycles. The summed E-state index contributed by atoms with van der Waals surface area (Å²) < 4.78 is 31.7. The Balaban J connectivity index is 0.000000638. The number of piperidine rings is 1. The highest BCUT2D eigenvalue weighted by atomic mass is 19.4. The Morgan fingerprint density at radius 2 is 1.71 bits per heavy atom. The highest BCUT2D eigenvalue weighted by Crippen LogP contribution is 2.32. The molecule has 1 aromatic carbocycles. The largest absolute Gasteiger partial charge is 0.490 e. The lowest BCUT2D eigenvalue weighted by Gasteiger charge is -2.27. The van der Waals surface area contributed by atoms with Gasteiger partial charge in [-0.05, 0) is 24.5 Å². The predicted octanol–water partition coefficient (Wildman–Crippen LogP) is 0.358. The number of carboxylic acids is 2. The smallest absolute Gasteiger partial charge is 0.480 e. The zero-order valence-corrected chi connectivity index (χ0v) is 19.9. The fourth-order valence-corrected chi connectivity index (χ4v) is 3.58. The molecule has 13 nitrogen and oxygen atoms in total. The van der Waals surface area contributed by atoms with Gasteiger partial charge in [-0.25, -0.2) is 9.59 Å². The number of anilines is 1. The van der Waals surface area contributed by atoms with Crippen LogP contribution in [0.25, 0.3) is 0 Å². The molecule has 3 rings (SSSR count). The number of carbonyl (C=O) groups is 7. The Hall–Kier alpha value is -4.50. The first-order valence-corrected chi connectivity index (χ1v) is 11.0. The predicted molar refractivity (Wildman–Crippen MR) is 120 cm³/mol. The van der Waals surface area contributed by atoms with Gasteiger partial charge in [-0.1, -0.05) is 19.9 Å². The molecule has 1 unspecified atom stereocenters. The summed E-state index contributed by atoms with van der Waals surface area (Å²) in [6, 6.07) is 2.30. The van der Waals surface area contributed by atoms with Gasteiger partial charge in [-0.15, -0.1) is 0 Å². The fourth-order valence-electron chi connectivity index (χ4n) is 3.58. The number of rotatable bonds is 7. The van der Waals surface area contributed by atoms with Gasteiger partial charge in [0.15, 0.2) is 0 Å². The second-order valence-corrected chi connectivity index (χ2v) is 8.46. The normalized spacial score (nSPS) is 17.7. The van der Waals surface area contributed by atoms with E-state index in [4.69, 9.17) is 9.90 Å². The lowest BCUT2D eigenvalue weighted by Crippen LogP contribution is -2.54. The molecule has 0 saturated carbocycles. The van der Waals surface area contributed by atoms with E-state index in [1.165, 1.54) is 18.2 Å². The molecule has 0 radical (unpaired) electrons. The molecule has 5 amide bonds.